The number of nitrogens with one attached hydrogen (secondary N) is 1. The molecule has 1 N–H and O–H groups in total. The van der Waals surface area contributed by atoms with Gasteiger partial charge in [0, 0.05) is 30.0 Å². The number of aromatic nitrogens is 2. The van der Waals surface area contributed by atoms with Gasteiger partial charge in [0.05, 0.1) is 12.7 Å². The van der Waals surface area contributed by atoms with Crippen LogP contribution in [0, 0.1) is 6.92 Å². The molecule has 0 aliphatic rings. The van der Waals surface area contributed by atoms with Crippen molar-refractivity contribution in [2.75, 3.05) is 13.7 Å². The van der Waals surface area contributed by atoms with Crippen LogP contribution < -0.4 is 10.1 Å². The summed E-state index contributed by atoms with van der Waals surface area (Å²) in [5.74, 6) is 0.325. The largest absolute Gasteiger partial charge is 0.496 e. The summed E-state index contributed by atoms with van der Waals surface area (Å²) >= 11 is 5.92. The average molecular weight is 308 g/mol. The lowest BCUT2D eigenvalue weighted by molar-refractivity contribution is 0.0949. The second-order valence-electron chi connectivity index (χ2n) is 4.65. The molecule has 0 fully saturated rings. The van der Waals surface area contributed by atoms with Gasteiger partial charge in [-0.05, 0) is 37.6 Å². The topological polar surface area (TPSA) is 56.1 Å². The molecule has 5 nitrogen and oxygen atoms in total. The fourth-order valence-electron chi connectivity index (χ4n) is 2.02. The Balaban J connectivity index is 1.87. The minimum Gasteiger partial charge on any atom is -0.496 e. The highest BCUT2D eigenvalue weighted by atomic mass is 35.5. The van der Waals surface area contributed by atoms with Crippen LogP contribution in [0.4, 0.5) is 0 Å². The number of amides is 1. The van der Waals surface area contributed by atoms with E-state index in [1.54, 1.807) is 24.4 Å². The lowest BCUT2D eigenvalue weighted by Crippen LogP contribution is -2.26. The Labute approximate surface area is 128 Å². The van der Waals surface area contributed by atoms with Crippen LogP contribution in [0.2, 0.25) is 5.02 Å². The summed E-state index contributed by atoms with van der Waals surface area (Å²) in [5, 5.41) is 7.57. The number of carbonyl (C=O) groups is 1. The summed E-state index contributed by atoms with van der Waals surface area (Å²) in [5.41, 5.74) is 1.55. The van der Waals surface area contributed by atoms with E-state index < -0.39 is 0 Å². The van der Waals surface area contributed by atoms with Gasteiger partial charge < -0.3 is 10.1 Å². The zero-order valence-electron chi connectivity index (χ0n) is 12.1. The van der Waals surface area contributed by atoms with Crippen LogP contribution in [0.3, 0.4) is 0 Å². The smallest absolute Gasteiger partial charge is 0.255 e. The van der Waals surface area contributed by atoms with E-state index in [1.807, 2.05) is 17.7 Å². The molecule has 112 valence electrons. The maximum atomic E-state index is 12.1. The van der Waals surface area contributed by atoms with Gasteiger partial charge in [0.25, 0.3) is 5.91 Å². The van der Waals surface area contributed by atoms with Crippen LogP contribution in [-0.4, -0.2) is 29.3 Å². The number of hydrogen-bond acceptors (Lipinski definition) is 3. The zero-order chi connectivity index (χ0) is 15.2. The maximum Gasteiger partial charge on any atom is 0.255 e. The lowest BCUT2D eigenvalue weighted by atomic mass is 10.2. The van der Waals surface area contributed by atoms with Crippen molar-refractivity contribution in [1.82, 2.24) is 15.1 Å². The van der Waals surface area contributed by atoms with Crippen molar-refractivity contribution < 1.29 is 9.53 Å². The van der Waals surface area contributed by atoms with E-state index in [0.29, 0.717) is 22.9 Å². The number of carbonyl (C=O) groups excluding carboxylic acids is 1. The highest BCUT2D eigenvalue weighted by molar-refractivity contribution is 6.31. The van der Waals surface area contributed by atoms with Crippen LogP contribution >= 0.6 is 11.6 Å². The van der Waals surface area contributed by atoms with Crippen molar-refractivity contribution in [2.24, 2.45) is 0 Å². The van der Waals surface area contributed by atoms with Crippen molar-refractivity contribution in [3.05, 3.63) is 46.7 Å². The van der Waals surface area contributed by atoms with Crippen molar-refractivity contribution in [3.8, 4) is 5.75 Å². The Morgan fingerprint density at radius 1 is 1.43 bits per heavy atom. The quantitative estimate of drug-likeness (QED) is 0.835. The van der Waals surface area contributed by atoms with Crippen LogP contribution in [0.15, 0.2) is 30.5 Å². The number of nitrogens with zero attached hydrogens (tertiary/aromatic N) is 2. The minimum atomic E-state index is -0.188. The predicted octanol–water partition coefficient (Wildman–Crippen LogP) is 2.67. The first-order valence-corrected chi connectivity index (χ1v) is 7.10. The number of hydrogen-bond donors (Lipinski definition) is 1. The van der Waals surface area contributed by atoms with Crippen LogP contribution in [0.1, 0.15) is 22.5 Å². The first kappa shape index (κ1) is 15.4. The molecule has 21 heavy (non-hydrogen) atoms. The first-order valence-electron chi connectivity index (χ1n) is 6.72. The third kappa shape index (κ3) is 3.98. The average Bonchev–Trinajstić information content (AvgIpc) is 2.88. The molecule has 0 saturated carbocycles. The highest BCUT2D eigenvalue weighted by Crippen LogP contribution is 2.22. The molecule has 0 aliphatic heterocycles. The lowest BCUT2D eigenvalue weighted by Gasteiger charge is -2.10. The predicted molar refractivity (Wildman–Crippen MR) is 81.9 cm³/mol. The van der Waals surface area contributed by atoms with Gasteiger partial charge in [0.1, 0.15) is 5.75 Å². The number of halogens is 1. The standard InChI is InChI=1S/C15H18ClN3O2/c1-11-6-8-18-19(11)9-3-7-17-15(20)13-10-12(16)4-5-14(13)21-2/h4-6,8,10H,3,7,9H2,1-2H3,(H,17,20). The Bertz CT molecular complexity index is 625. The molecule has 0 atom stereocenters. The molecular formula is C15H18ClN3O2. The van der Waals surface area contributed by atoms with Crippen molar-refractivity contribution in [1.29, 1.82) is 0 Å². The van der Waals surface area contributed by atoms with Gasteiger partial charge in [-0.1, -0.05) is 11.6 Å². The SMILES string of the molecule is COc1ccc(Cl)cc1C(=O)NCCCn1nccc1C. The molecule has 1 aromatic heterocycles. The number of rotatable bonds is 6. The third-order valence-electron chi connectivity index (χ3n) is 3.17. The van der Waals surface area contributed by atoms with Gasteiger partial charge in [-0.15, -0.1) is 0 Å². The van der Waals surface area contributed by atoms with Crippen LogP contribution in [0.5, 0.6) is 5.75 Å². The summed E-state index contributed by atoms with van der Waals surface area (Å²) in [6, 6.07) is 6.94. The maximum absolute atomic E-state index is 12.1. The Hall–Kier alpha value is -2.01. The van der Waals surface area contributed by atoms with E-state index >= 15 is 0 Å². The normalized spacial score (nSPS) is 10.4. The molecule has 0 aliphatic carbocycles. The molecule has 0 spiro atoms. The summed E-state index contributed by atoms with van der Waals surface area (Å²) in [4.78, 5) is 12.1. The molecule has 2 rings (SSSR count). The van der Waals surface area contributed by atoms with Crippen molar-refractivity contribution >= 4 is 17.5 Å². The fourth-order valence-corrected chi connectivity index (χ4v) is 2.19. The molecule has 1 aromatic carbocycles. The van der Waals surface area contributed by atoms with Gasteiger partial charge in [0.15, 0.2) is 0 Å². The van der Waals surface area contributed by atoms with E-state index in [2.05, 4.69) is 10.4 Å². The molecule has 0 radical (unpaired) electrons. The molecule has 1 heterocycles. The first-order chi connectivity index (χ1) is 10.1. The van der Waals surface area contributed by atoms with E-state index in [9.17, 15) is 4.79 Å². The molecule has 0 unspecified atom stereocenters. The molecule has 0 bridgehead atoms. The zero-order valence-corrected chi connectivity index (χ0v) is 12.9. The molecule has 6 heteroatoms. The Morgan fingerprint density at radius 3 is 2.90 bits per heavy atom. The van der Waals surface area contributed by atoms with E-state index in [1.165, 1.54) is 7.11 Å². The molecule has 2 aromatic rings. The van der Waals surface area contributed by atoms with E-state index in [0.717, 1.165) is 18.7 Å². The summed E-state index contributed by atoms with van der Waals surface area (Å²) < 4.78 is 7.08. The number of methoxy groups -OCH3 is 1. The summed E-state index contributed by atoms with van der Waals surface area (Å²) in [6.07, 6.45) is 2.57. The highest BCUT2D eigenvalue weighted by Gasteiger charge is 2.12. The monoisotopic (exact) mass is 307 g/mol. The minimum absolute atomic E-state index is 0.188. The van der Waals surface area contributed by atoms with Gasteiger partial charge in [-0.2, -0.15) is 5.10 Å². The van der Waals surface area contributed by atoms with Crippen LogP contribution in [-0.2, 0) is 6.54 Å². The Morgan fingerprint density at radius 2 is 2.24 bits per heavy atom. The van der Waals surface area contributed by atoms with Gasteiger partial charge in [-0.25, -0.2) is 0 Å². The fraction of sp³-hybridized carbons (Fsp3) is 0.333. The van der Waals surface area contributed by atoms with Gasteiger partial charge in [0.2, 0.25) is 0 Å². The van der Waals surface area contributed by atoms with E-state index in [-0.39, 0.29) is 5.91 Å². The molecule has 1 amide bonds. The van der Waals surface area contributed by atoms with E-state index in [4.69, 9.17) is 16.3 Å². The number of aryl methyl sites for hydroxylation is 2. The number of benzene rings is 1. The summed E-state index contributed by atoms with van der Waals surface area (Å²) in [7, 11) is 1.53. The second-order valence-corrected chi connectivity index (χ2v) is 5.09. The third-order valence-corrected chi connectivity index (χ3v) is 3.40. The molecular weight excluding hydrogens is 290 g/mol. The van der Waals surface area contributed by atoms with Gasteiger partial charge in [-0.3, -0.25) is 9.48 Å². The van der Waals surface area contributed by atoms with Crippen LogP contribution in [0.25, 0.3) is 0 Å². The Kier molecular flexibility index (Phi) is 5.22. The number of ether oxygens (including phenoxy) is 1. The second kappa shape index (κ2) is 7.13. The summed E-state index contributed by atoms with van der Waals surface area (Å²) in [6.45, 7) is 3.34. The van der Waals surface area contributed by atoms with Crippen molar-refractivity contribution in [2.45, 2.75) is 19.9 Å². The molecule has 0 saturated heterocycles. The van der Waals surface area contributed by atoms with Gasteiger partial charge >= 0.3 is 0 Å². The van der Waals surface area contributed by atoms with Crippen molar-refractivity contribution in [3.63, 3.8) is 0 Å².